The van der Waals surface area contributed by atoms with Crippen LogP contribution < -0.4 is 10.6 Å². The first kappa shape index (κ1) is 15.0. The van der Waals surface area contributed by atoms with E-state index in [-0.39, 0.29) is 30.0 Å². The minimum atomic E-state index is -0.344. The molecule has 1 heterocycles. The van der Waals surface area contributed by atoms with Crippen molar-refractivity contribution >= 4 is 5.91 Å². The van der Waals surface area contributed by atoms with Crippen LogP contribution in [0.15, 0.2) is 30.3 Å². The number of carbonyl (C=O) groups excluding carboxylic acids is 1. The second kappa shape index (κ2) is 6.37. The number of nitrogens with one attached hydrogen (secondary N) is 2. The van der Waals surface area contributed by atoms with E-state index in [1.807, 2.05) is 30.3 Å². The summed E-state index contributed by atoms with van der Waals surface area (Å²) in [7, 11) is 0. The summed E-state index contributed by atoms with van der Waals surface area (Å²) in [5.74, 6) is -0.0300. The van der Waals surface area contributed by atoms with Crippen LogP contribution in [0.25, 0.3) is 0 Å². The normalized spacial score (nSPS) is 23.1. The van der Waals surface area contributed by atoms with Crippen LogP contribution in [-0.2, 0) is 4.79 Å². The molecule has 4 nitrogen and oxygen atoms in total. The number of amides is 1. The summed E-state index contributed by atoms with van der Waals surface area (Å²) in [6, 6.07) is 9.03. The molecule has 110 valence electrons. The van der Waals surface area contributed by atoms with Crippen LogP contribution in [0, 0.1) is 5.41 Å². The van der Waals surface area contributed by atoms with E-state index in [0.717, 1.165) is 24.9 Å². The number of aliphatic hydroxyl groups is 1. The van der Waals surface area contributed by atoms with Crippen LogP contribution >= 0.6 is 0 Å². The Morgan fingerprint density at radius 3 is 2.75 bits per heavy atom. The summed E-state index contributed by atoms with van der Waals surface area (Å²) >= 11 is 0. The molecule has 1 aliphatic heterocycles. The maximum Gasteiger partial charge on any atom is 0.238 e. The summed E-state index contributed by atoms with van der Waals surface area (Å²) in [5, 5.41) is 15.8. The average Bonchev–Trinajstić information content (AvgIpc) is 2.45. The number of aliphatic hydroxyl groups excluding tert-OH is 1. The minimum Gasteiger partial charge on any atom is -0.394 e. The number of rotatable bonds is 4. The first-order valence-corrected chi connectivity index (χ1v) is 7.24. The fourth-order valence-electron chi connectivity index (χ4n) is 2.83. The molecule has 0 radical (unpaired) electrons. The minimum absolute atomic E-state index is 0.0300. The van der Waals surface area contributed by atoms with Crippen molar-refractivity contribution in [2.75, 3.05) is 13.2 Å². The van der Waals surface area contributed by atoms with Crippen molar-refractivity contribution in [1.82, 2.24) is 10.6 Å². The number of benzene rings is 1. The lowest BCUT2D eigenvalue weighted by molar-refractivity contribution is -0.127. The molecule has 1 aromatic carbocycles. The van der Waals surface area contributed by atoms with Crippen molar-refractivity contribution in [2.45, 2.75) is 38.8 Å². The summed E-state index contributed by atoms with van der Waals surface area (Å²) in [6.07, 6.45) is 2.13. The van der Waals surface area contributed by atoms with E-state index in [1.165, 1.54) is 0 Å². The first-order valence-electron chi connectivity index (χ1n) is 7.24. The Balaban J connectivity index is 2.06. The van der Waals surface area contributed by atoms with Gasteiger partial charge in [-0.25, -0.2) is 0 Å². The third-order valence-electron chi connectivity index (χ3n) is 4.09. The molecule has 4 heteroatoms. The molecule has 3 N–H and O–H groups in total. The highest BCUT2D eigenvalue weighted by molar-refractivity contribution is 5.83. The van der Waals surface area contributed by atoms with Crippen molar-refractivity contribution in [3.05, 3.63) is 35.9 Å². The number of hydrogen-bond donors (Lipinski definition) is 3. The molecule has 20 heavy (non-hydrogen) atoms. The molecule has 0 bridgehead atoms. The Morgan fingerprint density at radius 1 is 1.45 bits per heavy atom. The third-order valence-corrected chi connectivity index (χ3v) is 4.09. The molecule has 1 fully saturated rings. The number of piperidine rings is 1. The van der Waals surface area contributed by atoms with E-state index < -0.39 is 0 Å². The lowest BCUT2D eigenvalue weighted by Gasteiger charge is -2.38. The molecule has 1 saturated heterocycles. The van der Waals surface area contributed by atoms with Gasteiger partial charge in [0.1, 0.15) is 0 Å². The van der Waals surface area contributed by atoms with Crippen molar-refractivity contribution in [3.8, 4) is 0 Å². The third kappa shape index (κ3) is 3.38. The van der Waals surface area contributed by atoms with Gasteiger partial charge in [-0.2, -0.15) is 0 Å². The lowest BCUT2D eigenvalue weighted by atomic mass is 9.77. The van der Waals surface area contributed by atoms with Crippen LogP contribution in [0.5, 0.6) is 0 Å². The standard InChI is InChI=1S/C16H24N2O2/c1-16(2)9-6-10-17-14(16)15(20)18-13(11-19)12-7-4-3-5-8-12/h3-5,7-8,13-14,17,19H,6,9-11H2,1-2H3,(H,18,20)/t13-,14?/m0/s1. The van der Waals surface area contributed by atoms with Crippen molar-refractivity contribution in [2.24, 2.45) is 5.41 Å². The predicted molar refractivity (Wildman–Crippen MR) is 79.2 cm³/mol. The fraction of sp³-hybridized carbons (Fsp3) is 0.562. The monoisotopic (exact) mass is 276 g/mol. The van der Waals surface area contributed by atoms with E-state index in [4.69, 9.17) is 0 Å². The highest BCUT2D eigenvalue weighted by Gasteiger charge is 2.37. The summed E-state index contributed by atoms with van der Waals surface area (Å²) in [5.41, 5.74) is 0.871. The summed E-state index contributed by atoms with van der Waals surface area (Å²) in [6.45, 7) is 5.00. The topological polar surface area (TPSA) is 61.4 Å². The second-order valence-corrected chi connectivity index (χ2v) is 6.13. The van der Waals surface area contributed by atoms with Gasteiger partial charge in [0, 0.05) is 0 Å². The number of hydrogen-bond acceptors (Lipinski definition) is 3. The average molecular weight is 276 g/mol. The van der Waals surface area contributed by atoms with Gasteiger partial charge in [0.25, 0.3) is 0 Å². The molecule has 0 aromatic heterocycles. The van der Waals surface area contributed by atoms with E-state index >= 15 is 0 Å². The molecule has 0 saturated carbocycles. The van der Waals surface area contributed by atoms with Crippen molar-refractivity contribution in [3.63, 3.8) is 0 Å². The largest absolute Gasteiger partial charge is 0.394 e. The van der Waals surface area contributed by atoms with Crippen LogP contribution in [0.4, 0.5) is 0 Å². The SMILES string of the molecule is CC1(C)CCCNC1C(=O)N[C@@H](CO)c1ccccc1. The van der Waals surface area contributed by atoms with Crippen LogP contribution in [-0.4, -0.2) is 30.2 Å². The maximum absolute atomic E-state index is 12.5. The van der Waals surface area contributed by atoms with E-state index in [2.05, 4.69) is 24.5 Å². The summed E-state index contributed by atoms with van der Waals surface area (Å²) < 4.78 is 0. The van der Waals surface area contributed by atoms with Gasteiger partial charge in [0.2, 0.25) is 5.91 Å². The van der Waals surface area contributed by atoms with Gasteiger partial charge in [-0.1, -0.05) is 44.2 Å². The van der Waals surface area contributed by atoms with Crippen molar-refractivity contribution < 1.29 is 9.90 Å². The molecule has 1 amide bonds. The predicted octanol–water partition coefficient (Wildman–Crippen LogP) is 1.61. The van der Waals surface area contributed by atoms with E-state index in [1.54, 1.807) is 0 Å². The quantitative estimate of drug-likeness (QED) is 0.783. The molecular weight excluding hydrogens is 252 g/mol. The van der Waals surface area contributed by atoms with Gasteiger partial charge in [0.15, 0.2) is 0 Å². The van der Waals surface area contributed by atoms with E-state index in [9.17, 15) is 9.90 Å². The second-order valence-electron chi connectivity index (χ2n) is 6.13. The van der Waals surface area contributed by atoms with Gasteiger partial charge in [-0.15, -0.1) is 0 Å². The molecule has 2 rings (SSSR count). The zero-order chi connectivity index (χ0) is 14.6. The Kier molecular flexibility index (Phi) is 4.78. The Bertz CT molecular complexity index is 445. The number of carbonyl (C=O) groups is 1. The van der Waals surface area contributed by atoms with Gasteiger partial charge < -0.3 is 15.7 Å². The van der Waals surface area contributed by atoms with Gasteiger partial charge in [-0.3, -0.25) is 4.79 Å². The van der Waals surface area contributed by atoms with Crippen LogP contribution in [0.1, 0.15) is 38.3 Å². The van der Waals surface area contributed by atoms with Gasteiger partial charge >= 0.3 is 0 Å². The van der Waals surface area contributed by atoms with Crippen molar-refractivity contribution in [1.29, 1.82) is 0 Å². The lowest BCUT2D eigenvalue weighted by Crippen LogP contribution is -2.56. The smallest absolute Gasteiger partial charge is 0.238 e. The highest BCUT2D eigenvalue weighted by Crippen LogP contribution is 2.30. The van der Waals surface area contributed by atoms with Crippen LogP contribution in [0.2, 0.25) is 0 Å². The van der Waals surface area contributed by atoms with Gasteiger partial charge in [-0.05, 0) is 30.4 Å². The Labute approximate surface area is 120 Å². The Hall–Kier alpha value is -1.39. The van der Waals surface area contributed by atoms with Crippen LogP contribution in [0.3, 0.4) is 0 Å². The fourth-order valence-corrected chi connectivity index (χ4v) is 2.83. The molecule has 1 aliphatic rings. The molecule has 1 aromatic rings. The zero-order valence-electron chi connectivity index (χ0n) is 12.2. The molecular formula is C16H24N2O2. The summed E-state index contributed by atoms with van der Waals surface area (Å²) in [4.78, 5) is 12.5. The molecule has 2 atom stereocenters. The molecule has 0 spiro atoms. The zero-order valence-corrected chi connectivity index (χ0v) is 12.2. The molecule has 1 unspecified atom stereocenters. The molecule has 0 aliphatic carbocycles. The Morgan fingerprint density at radius 2 is 2.15 bits per heavy atom. The highest BCUT2D eigenvalue weighted by atomic mass is 16.3. The van der Waals surface area contributed by atoms with E-state index in [0.29, 0.717) is 0 Å². The first-order chi connectivity index (χ1) is 9.54. The van der Waals surface area contributed by atoms with Gasteiger partial charge in [0.05, 0.1) is 18.7 Å². The maximum atomic E-state index is 12.5.